The van der Waals surface area contributed by atoms with Crippen LogP contribution in [0.4, 0.5) is 0 Å². The van der Waals surface area contributed by atoms with Crippen molar-refractivity contribution in [2.24, 2.45) is 45.7 Å². The SMILES string of the molecule is CC(=NNC(=O)c1ccc(C(=O)NN=C(C)C2CC3CCC2C3)o1)C1CC2CCC1C2. The quantitative estimate of drug-likeness (QED) is 0.524. The molecule has 0 radical (unpaired) electrons. The Morgan fingerprint density at radius 2 is 1.23 bits per heavy atom. The number of nitrogens with one attached hydrogen (secondary N) is 2. The maximum absolute atomic E-state index is 12.4. The highest BCUT2D eigenvalue weighted by Gasteiger charge is 2.41. The lowest BCUT2D eigenvalue weighted by atomic mass is 9.86. The molecule has 0 spiro atoms. The smallest absolute Gasteiger partial charge is 0.307 e. The summed E-state index contributed by atoms with van der Waals surface area (Å²) < 4.78 is 5.46. The van der Waals surface area contributed by atoms with Crippen LogP contribution >= 0.6 is 0 Å². The van der Waals surface area contributed by atoms with Crippen molar-refractivity contribution in [1.82, 2.24) is 10.9 Å². The molecule has 1 heterocycles. The van der Waals surface area contributed by atoms with Crippen LogP contribution in [-0.2, 0) is 0 Å². The van der Waals surface area contributed by atoms with Crippen LogP contribution in [0.2, 0.25) is 0 Å². The van der Waals surface area contributed by atoms with Crippen molar-refractivity contribution < 1.29 is 14.0 Å². The number of hydrazone groups is 2. The fourth-order valence-electron chi connectivity index (χ4n) is 6.65. The second-order valence-corrected chi connectivity index (χ2v) is 10.1. The summed E-state index contributed by atoms with van der Waals surface area (Å²) in [6.07, 6.45) is 10.2. The average Bonchev–Trinajstić information content (AvgIpc) is 3.60. The number of rotatable bonds is 6. The first-order valence-electron chi connectivity index (χ1n) is 11.8. The minimum Gasteiger partial charge on any atom is -0.446 e. The number of furan rings is 1. The van der Waals surface area contributed by atoms with Gasteiger partial charge in [0.05, 0.1) is 0 Å². The molecule has 2 amide bonds. The van der Waals surface area contributed by atoms with Gasteiger partial charge in [-0.25, -0.2) is 10.9 Å². The van der Waals surface area contributed by atoms with Gasteiger partial charge in [-0.15, -0.1) is 0 Å². The van der Waals surface area contributed by atoms with Gasteiger partial charge in [0.2, 0.25) is 0 Å². The molecule has 4 fully saturated rings. The van der Waals surface area contributed by atoms with Gasteiger partial charge >= 0.3 is 11.8 Å². The molecule has 0 aromatic carbocycles. The molecule has 0 saturated heterocycles. The molecule has 7 heteroatoms. The second kappa shape index (κ2) is 8.24. The van der Waals surface area contributed by atoms with E-state index in [0.717, 1.165) is 23.3 Å². The van der Waals surface area contributed by atoms with E-state index in [1.807, 2.05) is 13.8 Å². The van der Waals surface area contributed by atoms with Crippen molar-refractivity contribution >= 4 is 23.2 Å². The maximum atomic E-state index is 12.4. The van der Waals surface area contributed by atoms with Crippen LogP contribution in [0, 0.1) is 35.5 Å². The normalized spacial score (nSPS) is 34.4. The molecule has 4 saturated carbocycles. The molecule has 7 nitrogen and oxygen atoms in total. The summed E-state index contributed by atoms with van der Waals surface area (Å²) in [5.74, 6) is 3.31. The summed E-state index contributed by atoms with van der Waals surface area (Å²) in [7, 11) is 0. The van der Waals surface area contributed by atoms with Gasteiger partial charge < -0.3 is 4.42 Å². The van der Waals surface area contributed by atoms with Crippen LogP contribution < -0.4 is 10.9 Å². The van der Waals surface area contributed by atoms with Crippen molar-refractivity contribution in [3.05, 3.63) is 23.7 Å². The first kappa shape index (κ1) is 20.5. The highest BCUT2D eigenvalue weighted by Crippen LogP contribution is 2.49. The summed E-state index contributed by atoms with van der Waals surface area (Å²) >= 11 is 0. The molecule has 2 N–H and O–H groups in total. The molecule has 166 valence electrons. The molecule has 31 heavy (non-hydrogen) atoms. The van der Waals surface area contributed by atoms with Crippen LogP contribution in [0.25, 0.3) is 0 Å². The van der Waals surface area contributed by atoms with Crippen LogP contribution in [0.3, 0.4) is 0 Å². The lowest BCUT2D eigenvalue weighted by molar-refractivity contribution is 0.0901. The molecule has 4 aliphatic carbocycles. The Hall–Kier alpha value is -2.44. The Balaban J connectivity index is 1.15. The third-order valence-electron chi connectivity index (χ3n) is 8.27. The zero-order chi connectivity index (χ0) is 21.5. The molecule has 6 atom stereocenters. The first-order chi connectivity index (χ1) is 15.0. The minimum atomic E-state index is -0.441. The number of nitrogens with zero attached hydrogens (tertiary/aromatic N) is 2. The van der Waals surface area contributed by atoms with Crippen molar-refractivity contribution in [2.45, 2.75) is 65.2 Å². The van der Waals surface area contributed by atoms with Crippen LogP contribution in [-0.4, -0.2) is 23.2 Å². The van der Waals surface area contributed by atoms with E-state index in [1.165, 1.54) is 63.5 Å². The predicted octanol–water partition coefficient (Wildman–Crippen LogP) is 4.36. The first-order valence-corrected chi connectivity index (χ1v) is 11.8. The number of amides is 2. The Labute approximate surface area is 183 Å². The van der Waals surface area contributed by atoms with Crippen molar-refractivity contribution in [2.75, 3.05) is 0 Å². The third-order valence-corrected chi connectivity index (χ3v) is 8.27. The zero-order valence-corrected chi connectivity index (χ0v) is 18.4. The molecule has 4 aliphatic rings. The van der Waals surface area contributed by atoms with Gasteiger partial charge in [-0.1, -0.05) is 12.8 Å². The average molecular weight is 425 g/mol. The van der Waals surface area contributed by atoms with E-state index < -0.39 is 11.8 Å². The van der Waals surface area contributed by atoms with Crippen LogP contribution in [0.15, 0.2) is 26.8 Å². The van der Waals surface area contributed by atoms with E-state index >= 15 is 0 Å². The van der Waals surface area contributed by atoms with Crippen molar-refractivity contribution in [3.8, 4) is 0 Å². The third kappa shape index (κ3) is 4.06. The van der Waals surface area contributed by atoms with Gasteiger partial charge in [-0.2, -0.15) is 10.2 Å². The number of carbonyl (C=O) groups excluding carboxylic acids is 2. The van der Waals surface area contributed by atoms with E-state index in [0.29, 0.717) is 23.7 Å². The van der Waals surface area contributed by atoms with Gasteiger partial charge in [0.15, 0.2) is 11.5 Å². The van der Waals surface area contributed by atoms with E-state index in [-0.39, 0.29) is 11.5 Å². The molecule has 0 aliphatic heterocycles. The summed E-state index contributed by atoms with van der Waals surface area (Å²) in [6, 6.07) is 3.00. The van der Waals surface area contributed by atoms with E-state index in [1.54, 1.807) is 0 Å². The zero-order valence-electron chi connectivity index (χ0n) is 18.4. The Bertz CT molecular complexity index is 861. The maximum Gasteiger partial charge on any atom is 0.307 e. The van der Waals surface area contributed by atoms with Gasteiger partial charge in [0.25, 0.3) is 0 Å². The number of fused-ring (bicyclic) bond motifs is 4. The number of carbonyl (C=O) groups is 2. The van der Waals surface area contributed by atoms with Gasteiger partial charge in [-0.05, 0) is 88.2 Å². The standard InChI is InChI=1S/C24H32N4O3/c1-13(19-11-15-3-5-17(19)9-15)25-27-23(29)21-7-8-22(31-21)24(30)28-26-14(2)20-12-16-4-6-18(20)10-16/h7-8,15-20H,3-6,9-12H2,1-2H3,(H,27,29)(H,28,30). The number of hydrogen-bond donors (Lipinski definition) is 2. The summed E-state index contributed by atoms with van der Waals surface area (Å²) in [6.45, 7) is 3.98. The van der Waals surface area contributed by atoms with E-state index in [2.05, 4.69) is 21.1 Å². The van der Waals surface area contributed by atoms with Crippen LogP contribution in [0.1, 0.15) is 86.3 Å². The molecular formula is C24H32N4O3. The molecule has 1 aromatic rings. The lowest BCUT2D eigenvalue weighted by Gasteiger charge is -2.21. The lowest BCUT2D eigenvalue weighted by Crippen LogP contribution is -2.25. The largest absolute Gasteiger partial charge is 0.446 e. The van der Waals surface area contributed by atoms with E-state index in [9.17, 15) is 9.59 Å². The van der Waals surface area contributed by atoms with Crippen molar-refractivity contribution in [1.29, 1.82) is 0 Å². The molecular weight excluding hydrogens is 392 g/mol. The highest BCUT2D eigenvalue weighted by molar-refractivity contribution is 5.97. The second-order valence-electron chi connectivity index (χ2n) is 10.1. The van der Waals surface area contributed by atoms with Gasteiger partial charge in [0.1, 0.15) is 0 Å². The Kier molecular flexibility index (Phi) is 5.44. The Morgan fingerprint density at radius 1 is 0.774 bits per heavy atom. The number of hydrogen-bond acceptors (Lipinski definition) is 5. The summed E-state index contributed by atoms with van der Waals surface area (Å²) in [5.41, 5.74) is 7.14. The predicted molar refractivity (Wildman–Crippen MR) is 118 cm³/mol. The topological polar surface area (TPSA) is 96.1 Å². The fourth-order valence-corrected chi connectivity index (χ4v) is 6.65. The molecule has 1 aromatic heterocycles. The molecule has 5 rings (SSSR count). The van der Waals surface area contributed by atoms with Gasteiger partial charge in [0, 0.05) is 23.3 Å². The summed E-state index contributed by atoms with van der Waals surface area (Å²) in [5, 5.41) is 8.62. The monoisotopic (exact) mass is 424 g/mol. The fraction of sp³-hybridized carbons (Fsp3) is 0.667. The Morgan fingerprint density at radius 3 is 1.58 bits per heavy atom. The van der Waals surface area contributed by atoms with Crippen LogP contribution in [0.5, 0.6) is 0 Å². The van der Waals surface area contributed by atoms with E-state index in [4.69, 9.17) is 4.42 Å². The molecule has 6 unspecified atom stereocenters. The minimum absolute atomic E-state index is 0.0726. The van der Waals surface area contributed by atoms with Crippen molar-refractivity contribution in [3.63, 3.8) is 0 Å². The molecule has 4 bridgehead atoms. The van der Waals surface area contributed by atoms with Gasteiger partial charge in [-0.3, -0.25) is 9.59 Å². The summed E-state index contributed by atoms with van der Waals surface area (Å²) in [4.78, 5) is 24.8. The highest BCUT2D eigenvalue weighted by atomic mass is 16.4.